The summed E-state index contributed by atoms with van der Waals surface area (Å²) in [4.78, 5) is 38.4. The monoisotopic (exact) mass is 431 g/mol. The van der Waals surface area contributed by atoms with Crippen LogP contribution in [0.2, 0.25) is 0 Å². The molecule has 0 radical (unpaired) electrons. The SMILES string of the molecule is Cc1cc(NC(=O)c2c(C)c(C(=O)C(=O)NC(CO)C(C)(C)C)n(C)c2C)ccc1F. The number of anilines is 1. The second-order valence-corrected chi connectivity index (χ2v) is 8.81. The Morgan fingerprint density at radius 2 is 1.77 bits per heavy atom. The molecular weight excluding hydrogens is 401 g/mol. The lowest BCUT2D eigenvalue weighted by atomic mass is 9.87. The van der Waals surface area contributed by atoms with Gasteiger partial charge in [0.05, 0.1) is 23.9 Å². The summed E-state index contributed by atoms with van der Waals surface area (Å²) in [6.45, 7) is 10.1. The van der Waals surface area contributed by atoms with E-state index in [0.29, 0.717) is 22.5 Å². The summed E-state index contributed by atoms with van der Waals surface area (Å²) in [5, 5.41) is 14.9. The average Bonchev–Trinajstić information content (AvgIpc) is 2.89. The fraction of sp³-hybridized carbons (Fsp3) is 0.435. The minimum atomic E-state index is -0.848. The summed E-state index contributed by atoms with van der Waals surface area (Å²) >= 11 is 0. The van der Waals surface area contributed by atoms with E-state index in [0.717, 1.165) is 0 Å². The normalized spacial score (nSPS) is 12.4. The van der Waals surface area contributed by atoms with Crippen molar-refractivity contribution in [1.29, 1.82) is 0 Å². The van der Waals surface area contributed by atoms with Gasteiger partial charge in [0, 0.05) is 18.4 Å². The van der Waals surface area contributed by atoms with Gasteiger partial charge in [0.2, 0.25) is 0 Å². The number of amides is 2. The minimum Gasteiger partial charge on any atom is -0.394 e. The maximum atomic E-state index is 13.5. The maximum Gasteiger partial charge on any atom is 0.294 e. The molecule has 1 unspecified atom stereocenters. The van der Waals surface area contributed by atoms with Crippen LogP contribution in [-0.2, 0) is 11.8 Å². The van der Waals surface area contributed by atoms with Gasteiger partial charge in [-0.25, -0.2) is 4.39 Å². The van der Waals surface area contributed by atoms with Gasteiger partial charge in [-0.05, 0) is 55.5 Å². The van der Waals surface area contributed by atoms with Crippen molar-refractivity contribution in [1.82, 2.24) is 9.88 Å². The number of hydrogen-bond acceptors (Lipinski definition) is 4. The number of halogens is 1. The van der Waals surface area contributed by atoms with E-state index in [2.05, 4.69) is 10.6 Å². The van der Waals surface area contributed by atoms with Crippen molar-refractivity contribution in [2.75, 3.05) is 11.9 Å². The molecule has 2 rings (SSSR count). The largest absolute Gasteiger partial charge is 0.394 e. The van der Waals surface area contributed by atoms with E-state index in [1.807, 2.05) is 20.8 Å². The Balaban J connectivity index is 2.34. The Labute approximate surface area is 181 Å². The molecule has 7 nitrogen and oxygen atoms in total. The summed E-state index contributed by atoms with van der Waals surface area (Å²) in [6, 6.07) is 3.63. The van der Waals surface area contributed by atoms with Gasteiger partial charge in [-0.15, -0.1) is 0 Å². The highest BCUT2D eigenvalue weighted by Crippen LogP contribution is 2.24. The van der Waals surface area contributed by atoms with Gasteiger partial charge in [-0.2, -0.15) is 0 Å². The Hall–Kier alpha value is -3.00. The third kappa shape index (κ3) is 5.02. The van der Waals surface area contributed by atoms with Gasteiger partial charge < -0.3 is 20.3 Å². The molecule has 1 atom stereocenters. The minimum absolute atomic E-state index is 0.0982. The molecule has 0 fully saturated rings. The molecular formula is C23H30FN3O4. The second kappa shape index (κ2) is 9.01. The lowest BCUT2D eigenvalue weighted by Gasteiger charge is -2.29. The molecule has 1 aromatic carbocycles. The van der Waals surface area contributed by atoms with Crippen molar-refractivity contribution in [3.63, 3.8) is 0 Å². The second-order valence-electron chi connectivity index (χ2n) is 8.81. The molecule has 0 saturated carbocycles. The first kappa shape index (κ1) is 24.3. The predicted octanol–water partition coefficient (Wildman–Crippen LogP) is 3.05. The number of benzene rings is 1. The van der Waals surface area contributed by atoms with E-state index in [1.165, 1.54) is 22.8 Å². The van der Waals surface area contributed by atoms with E-state index in [-0.39, 0.29) is 23.7 Å². The Kier molecular flexibility index (Phi) is 7.06. The molecule has 1 aromatic heterocycles. The quantitative estimate of drug-likeness (QED) is 0.483. The smallest absolute Gasteiger partial charge is 0.294 e. The van der Waals surface area contributed by atoms with Crippen molar-refractivity contribution in [2.24, 2.45) is 12.5 Å². The molecule has 1 heterocycles. The zero-order valence-electron chi connectivity index (χ0n) is 19.0. The molecule has 31 heavy (non-hydrogen) atoms. The van der Waals surface area contributed by atoms with Crippen LogP contribution in [0.15, 0.2) is 18.2 Å². The summed E-state index contributed by atoms with van der Waals surface area (Å²) in [5.41, 5.74) is 1.63. The van der Waals surface area contributed by atoms with Gasteiger partial charge >= 0.3 is 0 Å². The predicted molar refractivity (Wildman–Crippen MR) is 117 cm³/mol. The molecule has 0 bridgehead atoms. The van der Waals surface area contributed by atoms with Crippen molar-refractivity contribution in [2.45, 2.75) is 47.6 Å². The summed E-state index contributed by atoms with van der Waals surface area (Å²) < 4.78 is 15.0. The molecule has 0 saturated heterocycles. The van der Waals surface area contributed by atoms with E-state index in [4.69, 9.17) is 0 Å². The molecule has 0 aliphatic carbocycles. The summed E-state index contributed by atoms with van der Waals surface area (Å²) in [5.74, 6) is -2.47. The van der Waals surface area contributed by atoms with Gasteiger partial charge in [0.1, 0.15) is 5.82 Å². The zero-order chi connectivity index (χ0) is 23.7. The highest BCUT2D eigenvalue weighted by molar-refractivity contribution is 6.43. The molecule has 2 amide bonds. The van der Waals surface area contributed by atoms with Crippen LogP contribution in [-0.4, -0.2) is 39.9 Å². The van der Waals surface area contributed by atoms with Gasteiger partial charge in [0.25, 0.3) is 17.6 Å². The third-order valence-electron chi connectivity index (χ3n) is 5.53. The van der Waals surface area contributed by atoms with Crippen molar-refractivity contribution < 1.29 is 23.9 Å². The number of rotatable bonds is 6. The maximum absolute atomic E-state index is 13.5. The van der Waals surface area contributed by atoms with Crippen molar-refractivity contribution >= 4 is 23.3 Å². The van der Waals surface area contributed by atoms with Crippen LogP contribution in [0.25, 0.3) is 0 Å². The van der Waals surface area contributed by atoms with Crippen LogP contribution in [0.1, 0.15) is 58.4 Å². The number of Topliss-reactive ketones (excluding diaryl/α,β-unsaturated/α-hetero) is 1. The fourth-order valence-corrected chi connectivity index (χ4v) is 3.42. The number of nitrogens with zero attached hydrogens (tertiary/aromatic N) is 1. The summed E-state index contributed by atoms with van der Waals surface area (Å²) in [6.07, 6.45) is 0. The number of aliphatic hydroxyl groups is 1. The van der Waals surface area contributed by atoms with Crippen molar-refractivity contribution in [3.05, 3.63) is 52.1 Å². The Morgan fingerprint density at radius 1 is 1.16 bits per heavy atom. The number of ketones is 1. The molecule has 3 N–H and O–H groups in total. The number of carbonyl (C=O) groups excluding carboxylic acids is 3. The number of carbonyl (C=O) groups is 3. The lowest BCUT2D eigenvalue weighted by Crippen LogP contribution is -2.48. The Bertz CT molecular complexity index is 1030. The first-order valence-corrected chi connectivity index (χ1v) is 9.99. The van der Waals surface area contributed by atoms with Gasteiger partial charge in [-0.3, -0.25) is 14.4 Å². The standard InChI is InChI=1S/C23H30FN3O4/c1-12-10-15(8-9-16(12)24)25-21(30)18-13(2)19(27(7)14(18)3)20(29)22(31)26-17(11-28)23(4,5)6/h8-10,17,28H,11H2,1-7H3,(H,25,30)(H,26,31). The van der Waals surface area contributed by atoms with Crippen LogP contribution in [0.5, 0.6) is 0 Å². The molecule has 168 valence electrons. The number of aliphatic hydroxyl groups excluding tert-OH is 1. The van der Waals surface area contributed by atoms with Gasteiger partial charge in [-0.1, -0.05) is 20.8 Å². The van der Waals surface area contributed by atoms with Crippen molar-refractivity contribution in [3.8, 4) is 0 Å². The van der Waals surface area contributed by atoms with E-state index >= 15 is 0 Å². The molecule has 8 heteroatoms. The zero-order valence-corrected chi connectivity index (χ0v) is 19.0. The van der Waals surface area contributed by atoms with Gasteiger partial charge in [0.15, 0.2) is 0 Å². The molecule has 0 aliphatic rings. The van der Waals surface area contributed by atoms with E-state index in [1.54, 1.807) is 27.8 Å². The third-order valence-corrected chi connectivity index (χ3v) is 5.53. The van der Waals surface area contributed by atoms with Crippen LogP contribution in [0.4, 0.5) is 10.1 Å². The van der Waals surface area contributed by atoms with E-state index < -0.39 is 29.1 Å². The molecule has 0 spiro atoms. The first-order valence-electron chi connectivity index (χ1n) is 9.99. The fourth-order valence-electron chi connectivity index (χ4n) is 3.42. The number of hydrogen-bond donors (Lipinski definition) is 3. The average molecular weight is 432 g/mol. The molecule has 0 aliphatic heterocycles. The highest BCUT2D eigenvalue weighted by Gasteiger charge is 2.32. The topological polar surface area (TPSA) is 100 Å². The Morgan fingerprint density at radius 3 is 2.29 bits per heavy atom. The lowest BCUT2D eigenvalue weighted by molar-refractivity contribution is -0.118. The summed E-state index contributed by atoms with van der Waals surface area (Å²) in [7, 11) is 1.61. The van der Waals surface area contributed by atoms with Crippen LogP contribution < -0.4 is 10.6 Å². The van der Waals surface area contributed by atoms with Crippen LogP contribution in [0.3, 0.4) is 0 Å². The van der Waals surface area contributed by atoms with Crippen LogP contribution >= 0.6 is 0 Å². The number of nitrogens with one attached hydrogen (secondary N) is 2. The van der Waals surface area contributed by atoms with E-state index in [9.17, 15) is 23.9 Å². The highest BCUT2D eigenvalue weighted by atomic mass is 19.1. The first-order chi connectivity index (χ1) is 14.3. The van der Waals surface area contributed by atoms with Crippen LogP contribution in [0, 0.1) is 32.0 Å². The molecule has 2 aromatic rings. The number of aromatic nitrogens is 1. The number of aryl methyl sites for hydroxylation is 1.